The number of esters is 1. The molecule has 0 unspecified atom stereocenters. The third kappa shape index (κ3) is 7.77. The fourth-order valence-electron chi connectivity index (χ4n) is 6.30. The predicted molar refractivity (Wildman–Crippen MR) is 143 cm³/mol. The predicted octanol–water partition coefficient (Wildman–Crippen LogP) is 8.77. The number of rotatable bonds is 10. The highest BCUT2D eigenvalue weighted by Gasteiger charge is 2.31. The summed E-state index contributed by atoms with van der Waals surface area (Å²) < 4.78 is 53.0. The molecule has 0 heterocycles. The Labute approximate surface area is 229 Å². The Morgan fingerprint density at radius 3 is 2.00 bits per heavy atom. The molecular formula is C32H38F3NO3. The van der Waals surface area contributed by atoms with Gasteiger partial charge in [0.25, 0.3) is 0 Å². The summed E-state index contributed by atoms with van der Waals surface area (Å²) in [6.07, 6.45) is 15.7. The largest absolute Gasteiger partial charge is 0.493 e. The van der Waals surface area contributed by atoms with Gasteiger partial charge in [-0.25, -0.2) is 18.0 Å². The number of unbranched alkanes of at least 4 members (excludes halogenated alkanes) is 2. The van der Waals surface area contributed by atoms with Crippen LogP contribution in [0.15, 0.2) is 30.3 Å². The second-order valence-electron chi connectivity index (χ2n) is 11.3. The molecule has 39 heavy (non-hydrogen) atoms. The van der Waals surface area contributed by atoms with E-state index < -0.39 is 34.7 Å². The average Bonchev–Trinajstić information content (AvgIpc) is 2.92. The van der Waals surface area contributed by atoms with Gasteiger partial charge in [-0.3, -0.25) is 0 Å². The van der Waals surface area contributed by atoms with Crippen LogP contribution in [-0.4, -0.2) is 12.6 Å². The first-order chi connectivity index (χ1) is 18.9. The molecule has 2 aromatic carbocycles. The Bertz CT molecular complexity index is 1140. The highest BCUT2D eigenvalue weighted by Crippen LogP contribution is 2.42. The molecule has 7 heteroatoms. The van der Waals surface area contributed by atoms with Gasteiger partial charge in [0, 0.05) is 18.2 Å². The van der Waals surface area contributed by atoms with Crippen LogP contribution in [0.2, 0.25) is 0 Å². The van der Waals surface area contributed by atoms with E-state index in [1.807, 2.05) is 0 Å². The minimum atomic E-state index is -1.16. The molecule has 0 saturated heterocycles. The van der Waals surface area contributed by atoms with Gasteiger partial charge in [-0.1, -0.05) is 45.4 Å². The Morgan fingerprint density at radius 1 is 0.846 bits per heavy atom. The minimum Gasteiger partial charge on any atom is -0.493 e. The number of carbonyl (C=O) groups is 1. The molecule has 0 N–H and O–H groups in total. The van der Waals surface area contributed by atoms with E-state index in [1.165, 1.54) is 82.4 Å². The van der Waals surface area contributed by atoms with Crippen molar-refractivity contribution in [1.29, 1.82) is 5.26 Å². The van der Waals surface area contributed by atoms with Crippen molar-refractivity contribution in [1.82, 2.24) is 0 Å². The third-order valence-electron chi connectivity index (χ3n) is 8.65. The van der Waals surface area contributed by atoms with E-state index >= 15 is 0 Å². The van der Waals surface area contributed by atoms with Crippen LogP contribution in [0, 0.1) is 52.5 Å². The summed E-state index contributed by atoms with van der Waals surface area (Å²) in [5.41, 5.74) is -1.16. The van der Waals surface area contributed by atoms with Crippen molar-refractivity contribution >= 4 is 5.97 Å². The maximum Gasteiger partial charge on any atom is 0.346 e. The van der Waals surface area contributed by atoms with Gasteiger partial charge in [0.1, 0.15) is 40.6 Å². The quantitative estimate of drug-likeness (QED) is 0.171. The van der Waals surface area contributed by atoms with Gasteiger partial charge in [-0.15, -0.1) is 0 Å². The molecule has 0 aromatic heterocycles. The second-order valence-corrected chi connectivity index (χ2v) is 11.3. The Hall–Kier alpha value is -3.01. The topological polar surface area (TPSA) is 59.3 Å². The van der Waals surface area contributed by atoms with E-state index in [-0.39, 0.29) is 5.56 Å². The number of halogens is 3. The normalized spacial score (nSPS) is 23.2. The number of hydrogen-bond acceptors (Lipinski definition) is 4. The van der Waals surface area contributed by atoms with Gasteiger partial charge in [-0.05, 0) is 74.3 Å². The maximum atomic E-state index is 14.6. The maximum absolute atomic E-state index is 14.6. The first-order valence-corrected chi connectivity index (χ1v) is 14.4. The molecule has 4 nitrogen and oxygen atoms in total. The molecule has 210 valence electrons. The van der Waals surface area contributed by atoms with Crippen molar-refractivity contribution < 1.29 is 27.4 Å². The number of nitrogens with zero attached hydrogens (tertiary/aromatic N) is 1. The van der Waals surface area contributed by atoms with Crippen LogP contribution in [0.3, 0.4) is 0 Å². The van der Waals surface area contributed by atoms with Gasteiger partial charge in [-0.2, -0.15) is 5.26 Å². The SMILES string of the molecule is CCCCC[C@H]1CC[C@H]([C@H]2CC[C@H](COc3ccc(C(=O)Oc4cc(F)c(C#N)c(F)c4)c(F)c3)CC2)CC1. The van der Waals surface area contributed by atoms with E-state index in [1.54, 1.807) is 0 Å². The lowest BCUT2D eigenvalue weighted by Crippen LogP contribution is -2.27. The minimum absolute atomic E-state index is 0.322. The summed E-state index contributed by atoms with van der Waals surface area (Å²) in [4.78, 5) is 12.4. The highest BCUT2D eigenvalue weighted by atomic mass is 19.1. The summed E-state index contributed by atoms with van der Waals surface area (Å²) in [5, 5.41) is 8.74. The van der Waals surface area contributed by atoms with Crippen molar-refractivity contribution in [2.45, 2.75) is 84.0 Å². The molecule has 0 atom stereocenters. The van der Waals surface area contributed by atoms with Crippen LogP contribution in [-0.2, 0) is 0 Å². The van der Waals surface area contributed by atoms with Crippen LogP contribution >= 0.6 is 0 Å². The van der Waals surface area contributed by atoms with E-state index in [4.69, 9.17) is 14.7 Å². The summed E-state index contributed by atoms with van der Waals surface area (Å²) in [6, 6.07) is 6.66. The molecule has 0 spiro atoms. The third-order valence-corrected chi connectivity index (χ3v) is 8.65. The number of ether oxygens (including phenoxy) is 2. The Morgan fingerprint density at radius 2 is 1.44 bits per heavy atom. The van der Waals surface area contributed by atoms with Gasteiger partial charge in [0.15, 0.2) is 0 Å². The fraction of sp³-hybridized carbons (Fsp3) is 0.562. The Kier molecular flexibility index (Phi) is 10.3. The van der Waals surface area contributed by atoms with Crippen molar-refractivity contribution in [3.63, 3.8) is 0 Å². The summed E-state index contributed by atoms with van der Waals surface area (Å²) in [7, 11) is 0. The van der Waals surface area contributed by atoms with Gasteiger partial charge in [0.2, 0.25) is 0 Å². The van der Waals surface area contributed by atoms with Crippen LogP contribution < -0.4 is 9.47 Å². The lowest BCUT2D eigenvalue weighted by Gasteiger charge is -2.38. The zero-order valence-corrected chi connectivity index (χ0v) is 22.7. The molecule has 2 aliphatic rings. The number of benzene rings is 2. The molecule has 2 aliphatic carbocycles. The van der Waals surface area contributed by atoms with Crippen LogP contribution in [0.1, 0.15) is 99.9 Å². The molecule has 0 radical (unpaired) electrons. The van der Waals surface area contributed by atoms with E-state index in [0.29, 0.717) is 30.4 Å². The van der Waals surface area contributed by atoms with Crippen molar-refractivity contribution in [3.8, 4) is 17.6 Å². The molecule has 2 fully saturated rings. The van der Waals surface area contributed by atoms with Gasteiger partial charge < -0.3 is 9.47 Å². The summed E-state index contributed by atoms with van der Waals surface area (Å²) in [5.74, 6) is -1.35. The first kappa shape index (κ1) is 29.0. The Balaban J connectivity index is 1.21. The van der Waals surface area contributed by atoms with Crippen LogP contribution in [0.4, 0.5) is 13.2 Å². The van der Waals surface area contributed by atoms with Crippen LogP contribution in [0.25, 0.3) is 0 Å². The van der Waals surface area contributed by atoms with Gasteiger partial charge >= 0.3 is 5.97 Å². The van der Waals surface area contributed by atoms with Crippen molar-refractivity contribution in [3.05, 3.63) is 58.9 Å². The van der Waals surface area contributed by atoms with E-state index in [2.05, 4.69) is 6.92 Å². The lowest BCUT2D eigenvalue weighted by atomic mass is 9.69. The zero-order valence-electron chi connectivity index (χ0n) is 22.7. The number of carbonyl (C=O) groups excluding carboxylic acids is 1. The highest BCUT2D eigenvalue weighted by molar-refractivity contribution is 5.91. The molecule has 0 aliphatic heterocycles. The first-order valence-electron chi connectivity index (χ1n) is 14.4. The summed E-state index contributed by atoms with van der Waals surface area (Å²) in [6.45, 7) is 2.77. The molecule has 0 amide bonds. The summed E-state index contributed by atoms with van der Waals surface area (Å²) >= 11 is 0. The van der Waals surface area contributed by atoms with Crippen molar-refractivity contribution in [2.24, 2.45) is 23.7 Å². The van der Waals surface area contributed by atoms with E-state index in [0.717, 1.165) is 36.7 Å². The monoisotopic (exact) mass is 541 g/mol. The molecule has 4 rings (SSSR count). The number of hydrogen-bond donors (Lipinski definition) is 0. The smallest absolute Gasteiger partial charge is 0.346 e. The fourth-order valence-corrected chi connectivity index (χ4v) is 6.30. The molecular weight excluding hydrogens is 503 g/mol. The lowest BCUT2D eigenvalue weighted by molar-refractivity contribution is 0.0729. The average molecular weight is 542 g/mol. The number of nitriles is 1. The van der Waals surface area contributed by atoms with Gasteiger partial charge in [0.05, 0.1) is 12.2 Å². The molecule has 2 aromatic rings. The van der Waals surface area contributed by atoms with E-state index in [9.17, 15) is 18.0 Å². The standard InChI is InChI=1S/C32H38F3NO3/c1-2-3-4-5-21-6-10-23(11-7-21)24-12-8-22(9-13-24)20-38-25-14-15-27(29(33)16-25)32(37)39-26-17-30(34)28(19-36)31(35)18-26/h14-18,21-24H,2-13,20H2,1H3/t21-,22-,23-,24-. The second kappa shape index (κ2) is 13.9. The molecule has 2 saturated carbocycles. The zero-order chi connectivity index (χ0) is 27.8. The van der Waals surface area contributed by atoms with Crippen LogP contribution in [0.5, 0.6) is 11.5 Å². The van der Waals surface area contributed by atoms with Crippen molar-refractivity contribution in [2.75, 3.05) is 6.61 Å². The molecule has 0 bridgehead atoms.